The summed E-state index contributed by atoms with van der Waals surface area (Å²) in [5.41, 5.74) is 5.24. The van der Waals surface area contributed by atoms with Gasteiger partial charge in [0.25, 0.3) is 5.91 Å². The molecule has 3 aromatic rings. The van der Waals surface area contributed by atoms with Crippen LogP contribution in [0.3, 0.4) is 0 Å². The summed E-state index contributed by atoms with van der Waals surface area (Å²) in [6.45, 7) is 5.67. The number of likely N-dealkylation sites (tertiary alicyclic amines) is 1. The minimum atomic E-state index is 0.0745. The van der Waals surface area contributed by atoms with E-state index in [4.69, 9.17) is 0 Å². The number of pyridine rings is 1. The number of aromatic nitrogens is 2. The number of hydrogen-bond acceptors (Lipinski definition) is 2. The molecular weight excluding hydrogens is 286 g/mol. The maximum absolute atomic E-state index is 12.6. The zero-order valence-electron chi connectivity index (χ0n) is 13.3. The number of nitrogens with zero attached hydrogens (tertiary/aromatic N) is 2. The first kappa shape index (κ1) is 14.0. The molecule has 1 aliphatic heterocycles. The third kappa shape index (κ3) is 2.31. The van der Waals surface area contributed by atoms with Crippen molar-refractivity contribution in [3.8, 4) is 0 Å². The summed E-state index contributed by atoms with van der Waals surface area (Å²) in [6.07, 6.45) is 1.81. The van der Waals surface area contributed by atoms with E-state index in [1.807, 2.05) is 41.4 Å². The van der Waals surface area contributed by atoms with Crippen molar-refractivity contribution in [3.63, 3.8) is 0 Å². The lowest BCUT2D eigenvalue weighted by molar-refractivity contribution is 0.0593. The molecule has 0 saturated carbocycles. The minimum absolute atomic E-state index is 0.0745. The van der Waals surface area contributed by atoms with Crippen LogP contribution in [-0.4, -0.2) is 33.9 Å². The minimum Gasteiger partial charge on any atom is -0.351 e. The molecule has 116 valence electrons. The SMILES string of the molecule is Cc1ccc2[nH]c(C(=O)N3CC(c4ccccn4)C3)cc2c1C. The molecule has 0 atom stereocenters. The predicted molar refractivity (Wildman–Crippen MR) is 90.7 cm³/mol. The van der Waals surface area contributed by atoms with E-state index in [-0.39, 0.29) is 5.91 Å². The molecule has 1 saturated heterocycles. The molecule has 4 nitrogen and oxygen atoms in total. The number of nitrogens with one attached hydrogen (secondary N) is 1. The Labute approximate surface area is 135 Å². The van der Waals surface area contributed by atoms with Gasteiger partial charge in [-0.3, -0.25) is 9.78 Å². The zero-order valence-corrected chi connectivity index (χ0v) is 13.3. The first-order chi connectivity index (χ1) is 11.1. The van der Waals surface area contributed by atoms with E-state index in [9.17, 15) is 4.79 Å². The molecule has 1 aromatic carbocycles. The van der Waals surface area contributed by atoms with Crippen LogP contribution in [-0.2, 0) is 0 Å². The van der Waals surface area contributed by atoms with Crippen molar-refractivity contribution < 1.29 is 4.79 Å². The number of amides is 1. The average molecular weight is 305 g/mol. The first-order valence-electron chi connectivity index (χ1n) is 7.92. The van der Waals surface area contributed by atoms with Gasteiger partial charge in [0.05, 0.1) is 0 Å². The van der Waals surface area contributed by atoms with Crippen LogP contribution in [0.1, 0.15) is 33.2 Å². The Morgan fingerprint density at radius 2 is 2.04 bits per heavy atom. The number of hydrogen-bond donors (Lipinski definition) is 1. The van der Waals surface area contributed by atoms with Gasteiger partial charge in [0, 0.05) is 41.8 Å². The van der Waals surface area contributed by atoms with Gasteiger partial charge in [-0.05, 0) is 49.2 Å². The number of fused-ring (bicyclic) bond motifs is 1. The Morgan fingerprint density at radius 3 is 2.78 bits per heavy atom. The fourth-order valence-electron chi connectivity index (χ4n) is 3.19. The molecule has 23 heavy (non-hydrogen) atoms. The summed E-state index contributed by atoms with van der Waals surface area (Å²) in [6, 6.07) is 12.1. The summed E-state index contributed by atoms with van der Waals surface area (Å²) >= 11 is 0. The van der Waals surface area contributed by atoms with Crippen LogP contribution in [0.2, 0.25) is 0 Å². The Balaban J connectivity index is 1.54. The monoisotopic (exact) mass is 305 g/mol. The standard InChI is InChI=1S/C19H19N3O/c1-12-6-7-17-15(13(12)2)9-18(21-17)19(23)22-10-14(11-22)16-5-3-4-8-20-16/h3-9,14,21H,10-11H2,1-2H3. The molecule has 2 aromatic heterocycles. The molecular formula is C19H19N3O. The summed E-state index contributed by atoms with van der Waals surface area (Å²) < 4.78 is 0. The highest BCUT2D eigenvalue weighted by atomic mass is 16.2. The van der Waals surface area contributed by atoms with Crippen LogP contribution >= 0.6 is 0 Å². The van der Waals surface area contributed by atoms with Crippen molar-refractivity contribution in [2.24, 2.45) is 0 Å². The molecule has 0 radical (unpaired) electrons. The fourth-order valence-corrected chi connectivity index (χ4v) is 3.19. The zero-order chi connectivity index (χ0) is 16.0. The smallest absolute Gasteiger partial charge is 0.270 e. The van der Waals surface area contributed by atoms with Crippen LogP contribution in [0.5, 0.6) is 0 Å². The number of carbonyl (C=O) groups is 1. The molecule has 0 bridgehead atoms. The first-order valence-corrected chi connectivity index (χ1v) is 7.92. The van der Waals surface area contributed by atoms with Crippen LogP contribution in [0.25, 0.3) is 10.9 Å². The van der Waals surface area contributed by atoms with Crippen molar-refractivity contribution in [2.45, 2.75) is 19.8 Å². The van der Waals surface area contributed by atoms with Gasteiger partial charge in [-0.25, -0.2) is 0 Å². The molecule has 1 N–H and O–H groups in total. The van der Waals surface area contributed by atoms with E-state index in [1.165, 1.54) is 11.1 Å². The highest BCUT2D eigenvalue weighted by Gasteiger charge is 2.33. The summed E-state index contributed by atoms with van der Waals surface area (Å²) in [5.74, 6) is 0.430. The van der Waals surface area contributed by atoms with E-state index >= 15 is 0 Å². The van der Waals surface area contributed by atoms with E-state index in [1.54, 1.807) is 0 Å². The topological polar surface area (TPSA) is 49.0 Å². The number of carbonyl (C=O) groups excluding carboxylic acids is 1. The normalized spacial score (nSPS) is 15.0. The molecule has 1 fully saturated rings. The highest BCUT2D eigenvalue weighted by molar-refractivity contribution is 5.99. The number of H-pyrrole nitrogens is 1. The Morgan fingerprint density at radius 1 is 1.22 bits per heavy atom. The van der Waals surface area contributed by atoms with E-state index in [0.717, 1.165) is 29.7 Å². The van der Waals surface area contributed by atoms with Gasteiger partial charge >= 0.3 is 0 Å². The second-order valence-corrected chi connectivity index (χ2v) is 6.31. The number of benzene rings is 1. The summed E-state index contributed by atoms with van der Waals surface area (Å²) in [5, 5.41) is 1.13. The second-order valence-electron chi connectivity index (χ2n) is 6.31. The molecule has 0 aliphatic carbocycles. The third-order valence-electron chi connectivity index (χ3n) is 4.85. The fraction of sp³-hybridized carbons (Fsp3) is 0.263. The molecule has 1 aliphatic rings. The number of rotatable bonds is 2. The van der Waals surface area contributed by atoms with Crippen LogP contribution in [0, 0.1) is 13.8 Å². The van der Waals surface area contributed by atoms with Gasteiger partial charge in [-0.2, -0.15) is 0 Å². The Bertz CT molecular complexity index is 876. The molecule has 4 rings (SSSR count). The van der Waals surface area contributed by atoms with Crippen molar-refractivity contribution in [2.75, 3.05) is 13.1 Å². The van der Waals surface area contributed by atoms with E-state index in [2.05, 4.69) is 29.9 Å². The van der Waals surface area contributed by atoms with E-state index in [0.29, 0.717) is 11.6 Å². The van der Waals surface area contributed by atoms with Gasteiger partial charge in [0.1, 0.15) is 5.69 Å². The third-order valence-corrected chi connectivity index (χ3v) is 4.85. The van der Waals surface area contributed by atoms with Gasteiger partial charge in [0.15, 0.2) is 0 Å². The van der Waals surface area contributed by atoms with Crippen LogP contribution in [0.4, 0.5) is 0 Å². The van der Waals surface area contributed by atoms with Crippen molar-refractivity contribution in [1.29, 1.82) is 0 Å². The number of aromatic amines is 1. The van der Waals surface area contributed by atoms with Gasteiger partial charge < -0.3 is 9.88 Å². The average Bonchev–Trinajstić information content (AvgIpc) is 2.95. The highest BCUT2D eigenvalue weighted by Crippen LogP contribution is 2.28. The quantitative estimate of drug-likeness (QED) is 0.788. The molecule has 1 amide bonds. The predicted octanol–water partition coefficient (Wildman–Crippen LogP) is 3.42. The van der Waals surface area contributed by atoms with Crippen molar-refractivity contribution >= 4 is 16.8 Å². The van der Waals surface area contributed by atoms with Crippen molar-refractivity contribution in [1.82, 2.24) is 14.9 Å². The maximum atomic E-state index is 12.6. The van der Waals surface area contributed by atoms with Gasteiger partial charge in [0.2, 0.25) is 0 Å². The molecule has 0 unspecified atom stereocenters. The lowest BCUT2D eigenvalue weighted by Gasteiger charge is -2.38. The summed E-state index contributed by atoms with van der Waals surface area (Å²) in [4.78, 5) is 22.2. The van der Waals surface area contributed by atoms with Crippen molar-refractivity contribution in [3.05, 3.63) is 65.1 Å². The second kappa shape index (κ2) is 5.23. The van der Waals surface area contributed by atoms with Gasteiger partial charge in [-0.15, -0.1) is 0 Å². The van der Waals surface area contributed by atoms with Crippen LogP contribution in [0.15, 0.2) is 42.6 Å². The summed E-state index contributed by atoms with van der Waals surface area (Å²) in [7, 11) is 0. The Hall–Kier alpha value is -2.62. The molecule has 4 heteroatoms. The largest absolute Gasteiger partial charge is 0.351 e. The van der Waals surface area contributed by atoms with E-state index < -0.39 is 0 Å². The lowest BCUT2D eigenvalue weighted by atomic mass is 9.95. The maximum Gasteiger partial charge on any atom is 0.270 e. The Kier molecular flexibility index (Phi) is 3.18. The lowest BCUT2D eigenvalue weighted by Crippen LogP contribution is -2.48. The molecule has 3 heterocycles. The molecule has 0 spiro atoms. The number of aryl methyl sites for hydroxylation is 2. The van der Waals surface area contributed by atoms with Gasteiger partial charge in [-0.1, -0.05) is 12.1 Å². The van der Waals surface area contributed by atoms with Crippen LogP contribution < -0.4 is 0 Å².